The van der Waals surface area contributed by atoms with Crippen LogP contribution in [-0.2, 0) is 0 Å². The van der Waals surface area contributed by atoms with E-state index in [-0.39, 0.29) is 0 Å². The molecular weight excluding hydrogens is 280 g/mol. The van der Waals surface area contributed by atoms with Gasteiger partial charge in [0.2, 0.25) is 0 Å². The van der Waals surface area contributed by atoms with Crippen molar-refractivity contribution in [3.05, 3.63) is 0 Å². The van der Waals surface area contributed by atoms with E-state index in [1.54, 1.807) is 0 Å². The molecule has 2 rings (SSSR count). The van der Waals surface area contributed by atoms with Crippen LogP contribution >= 0.6 is 0 Å². The van der Waals surface area contributed by atoms with Gasteiger partial charge in [0.15, 0.2) is 0 Å². The predicted octanol–water partition coefficient (Wildman–Crippen LogP) is 5.51. The molecule has 2 heteroatoms. The zero-order valence-electron chi connectivity index (χ0n) is 15.8. The van der Waals surface area contributed by atoms with Crippen LogP contribution in [0.5, 0.6) is 0 Å². The highest BCUT2D eigenvalue weighted by molar-refractivity contribution is 4.84. The summed E-state index contributed by atoms with van der Waals surface area (Å²) in [6.45, 7) is 2.55. The minimum Gasteiger partial charge on any atom is -0.312 e. The molecule has 0 bridgehead atoms. The minimum absolute atomic E-state index is 0.735. The molecule has 0 aromatic heterocycles. The van der Waals surface area contributed by atoms with Gasteiger partial charge in [-0.15, -0.1) is 0 Å². The quantitative estimate of drug-likeness (QED) is 0.684. The van der Waals surface area contributed by atoms with E-state index in [4.69, 9.17) is 0 Å². The lowest BCUT2D eigenvalue weighted by Crippen LogP contribution is -2.49. The molecular formula is C21H42N2. The van der Waals surface area contributed by atoms with E-state index in [1.165, 1.54) is 116 Å². The lowest BCUT2D eigenvalue weighted by atomic mass is 9.92. The summed E-state index contributed by atoms with van der Waals surface area (Å²) in [5.41, 5.74) is 0. The Morgan fingerprint density at radius 2 is 1.13 bits per heavy atom. The van der Waals surface area contributed by atoms with Gasteiger partial charge in [-0.05, 0) is 45.8 Å². The third kappa shape index (κ3) is 8.03. The molecule has 2 aliphatic heterocycles. The fraction of sp³-hybridized carbons (Fsp3) is 1.00. The SMILES string of the molecule is CN1CCCCCCCCC1C1CCCCCCCCCCN1. The molecule has 0 saturated carbocycles. The molecule has 2 heterocycles. The monoisotopic (exact) mass is 322 g/mol. The van der Waals surface area contributed by atoms with Crippen molar-refractivity contribution in [3.8, 4) is 0 Å². The second-order valence-electron chi connectivity index (χ2n) is 8.14. The van der Waals surface area contributed by atoms with Gasteiger partial charge in [0, 0.05) is 12.1 Å². The number of nitrogens with zero attached hydrogens (tertiary/aromatic N) is 1. The zero-order chi connectivity index (χ0) is 16.2. The van der Waals surface area contributed by atoms with Gasteiger partial charge in [-0.1, -0.05) is 77.0 Å². The Kier molecular flexibility index (Phi) is 10.3. The first-order valence-electron chi connectivity index (χ1n) is 10.8. The smallest absolute Gasteiger partial charge is 0.0246 e. The maximum atomic E-state index is 3.98. The number of hydrogen-bond acceptors (Lipinski definition) is 2. The Labute approximate surface area is 145 Å². The molecule has 23 heavy (non-hydrogen) atoms. The Morgan fingerprint density at radius 1 is 0.609 bits per heavy atom. The van der Waals surface area contributed by atoms with Crippen LogP contribution < -0.4 is 5.32 Å². The molecule has 2 unspecified atom stereocenters. The molecule has 2 nitrogen and oxygen atoms in total. The standard InChI is InChI=1S/C21H42N2/c1-23-19-15-11-7-5-9-13-17-21(23)20-16-12-8-4-2-3-6-10-14-18-22-20/h20-22H,2-19H2,1H3. The molecule has 0 aromatic carbocycles. The number of nitrogens with one attached hydrogen (secondary N) is 1. The van der Waals surface area contributed by atoms with Gasteiger partial charge in [0.25, 0.3) is 0 Å². The normalized spacial score (nSPS) is 31.7. The second kappa shape index (κ2) is 12.3. The van der Waals surface area contributed by atoms with Crippen LogP contribution in [0.15, 0.2) is 0 Å². The Balaban J connectivity index is 1.89. The van der Waals surface area contributed by atoms with Gasteiger partial charge in [0.05, 0.1) is 0 Å². The van der Waals surface area contributed by atoms with Crippen molar-refractivity contribution in [2.75, 3.05) is 20.1 Å². The van der Waals surface area contributed by atoms with Gasteiger partial charge < -0.3 is 10.2 Å². The molecule has 2 saturated heterocycles. The predicted molar refractivity (Wildman–Crippen MR) is 102 cm³/mol. The molecule has 0 radical (unpaired) electrons. The summed E-state index contributed by atoms with van der Waals surface area (Å²) >= 11 is 0. The third-order valence-corrected chi connectivity index (χ3v) is 6.14. The van der Waals surface area contributed by atoms with Crippen molar-refractivity contribution in [2.24, 2.45) is 0 Å². The van der Waals surface area contributed by atoms with E-state index in [1.807, 2.05) is 0 Å². The highest BCUT2D eigenvalue weighted by atomic mass is 15.2. The highest BCUT2D eigenvalue weighted by Crippen LogP contribution is 2.21. The van der Waals surface area contributed by atoms with Crippen molar-refractivity contribution in [1.82, 2.24) is 10.2 Å². The van der Waals surface area contributed by atoms with Crippen LogP contribution in [0.3, 0.4) is 0 Å². The summed E-state index contributed by atoms with van der Waals surface area (Å²) < 4.78 is 0. The Hall–Kier alpha value is -0.0800. The lowest BCUT2D eigenvalue weighted by molar-refractivity contribution is 0.162. The molecule has 0 amide bonds. The van der Waals surface area contributed by atoms with Crippen LogP contribution in [0, 0.1) is 0 Å². The summed E-state index contributed by atoms with van der Waals surface area (Å²) in [6.07, 6.45) is 23.0. The van der Waals surface area contributed by atoms with Gasteiger partial charge in [-0.2, -0.15) is 0 Å². The summed E-state index contributed by atoms with van der Waals surface area (Å²) in [5, 5.41) is 3.98. The van der Waals surface area contributed by atoms with Crippen LogP contribution in [0.2, 0.25) is 0 Å². The maximum absolute atomic E-state index is 3.98. The average molecular weight is 323 g/mol. The summed E-state index contributed by atoms with van der Waals surface area (Å²) in [5.74, 6) is 0. The molecule has 0 aromatic rings. The van der Waals surface area contributed by atoms with Gasteiger partial charge >= 0.3 is 0 Å². The third-order valence-electron chi connectivity index (χ3n) is 6.14. The summed E-state index contributed by atoms with van der Waals surface area (Å²) in [4.78, 5) is 2.70. The van der Waals surface area contributed by atoms with Gasteiger partial charge in [-0.25, -0.2) is 0 Å². The van der Waals surface area contributed by atoms with E-state index >= 15 is 0 Å². The first-order valence-corrected chi connectivity index (χ1v) is 10.8. The number of hydrogen-bond donors (Lipinski definition) is 1. The largest absolute Gasteiger partial charge is 0.312 e. The minimum atomic E-state index is 0.735. The van der Waals surface area contributed by atoms with Gasteiger partial charge in [-0.3, -0.25) is 0 Å². The first-order chi connectivity index (χ1) is 11.4. The fourth-order valence-corrected chi connectivity index (χ4v) is 4.58. The fourth-order valence-electron chi connectivity index (χ4n) is 4.58. The Morgan fingerprint density at radius 3 is 1.83 bits per heavy atom. The lowest BCUT2D eigenvalue weighted by Gasteiger charge is -2.36. The molecule has 2 atom stereocenters. The number of likely N-dealkylation sites (N-methyl/N-ethyl adjacent to an activating group) is 1. The van der Waals surface area contributed by atoms with Crippen molar-refractivity contribution in [1.29, 1.82) is 0 Å². The van der Waals surface area contributed by atoms with Crippen molar-refractivity contribution in [3.63, 3.8) is 0 Å². The highest BCUT2D eigenvalue weighted by Gasteiger charge is 2.24. The zero-order valence-corrected chi connectivity index (χ0v) is 15.8. The number of rotatable bonds is 1. The average Bonchev–Trinajstić information content (AvgIpc) is 2.55. The summed E-state index contributed by atoms with van der Waals surface area (Å²) in [7, 11) is 2.39. The molecule has 136 valence electrons. The summed E-state index contributed by atoms with van der Waals surface area (Å²) in [6, 6.07) is 1.51. The van der Waals surface area contributed by atoms with E-state index < -0.39 is 0 Å². The Bertz CT molecular complexity index is 267. The topological polar surface area (TPSA) is 15.3 Å². The van der Waals surface area contributed by atoms with Crippen LogP contribution in [-0.4, -0.2) is 37.1 Å². The van der Waals surface area contributed by atoms with Crippen molar-refractivity contribution in [2.45, 2.75) is 115 Å². The molecule has 0 spiro atoms. The van der Waals surface area contributed by atoms with Gasteiger partial charge in [0.1, 0.15) is 0 Å². The molecule has 0 aliphatic carbocycles. The van der Waals surface area contributed by atoms with E-state index in [9.17, 15) is 0 Å². The van der Waals surface area contributed by atoms with Crippen LogP contribution in [0.25, 0.3) is 0 Å². The van der Waals surface area contributed by atoms with Crippen molar-refractivity contribution < 1.29 is 0 Å². The van der Waals surface area contributed by atoms with E-state index in [2.05, 4.69) is 17.3 Å². The van der Waals surface area contributed by atoms with E-state index in [0.29, 0.717) is 0 Å². The molecule has 2 aliphatic rings. The van der Waals surface area contributed by atoms with Crippen molar-refractivity contribution >= 4 is 0 Å². The second-order valence-corrected chi connectivity index (χ2v) is 8.14. The molecule has 1 N–H and O–H groups in total. The van der Waals surface area contributed by atoms with Crippen LogP contribution in [0.4, 0.5) is 0 Å². The maximum Gasteiger partial charge on any atom is 0.0246 e. The van der Waals surface area contributed by atoms with E-state index in [0.717, 1.165) is 12.1 Å². The molecule has 2 fully saturated rings. The van der Waals surface area contributed by atoms with Crippen LogP contribution in [0.1, 0.15) is 103 Å². The first kappa shape index (κ1) is 19.2.